The van der Waals surface area contributed by atoms with Crippen LogP contribution in [0.15, 0.2) is 28.2 Å². The highest BCUT2D eigenvalue weighted by atomic mass is 32.1. The third-order valence-corrected chi connectivity index (χ3v) is 3.29. The van der Waals surface area contributed by atoms with Gasteiger partial charge in [0.05, 0.1) is 26.1 Å². The first-order chi connectivity index (χ1) is 9.81. The average molecular weight is 296 g/mol. The zero-order valence-electron chi connectivity index (χ0n) is 11.1. The van der Waals surface area contributed by atoms with E-state index in [0.717, 1.165) is 0 Å². The second kappa shape index (κ2) is 7.78. The molecule has 0 fully saturated rings. The number of hydrogen-bond donors (Lipinski definition) is 1. The number of aromatic nitrogens is 1. The lowest BCUT2D eigenvalue weighted by molar-refractivity contribution is 0.0692. The Morgan fingerprint density at radius 1 is 1.45 bits per heavy atom. The molecule has 0 saturated heterocycles. The van der Waals surface area contributed by atoms with E-state index in [-0.39, 0.29) is 5.91 Å². The fraction of sp³-hybridized carbons (Fsp3) is 0.385. The largest absolute Gasteiger partial charge is 0.462 e. The van der Waals surface area contributed by atoms with Gasteiger partial charge in [-0.2, -0.15) is 0 Å². The molecule has 2 aromatic heterocycles. The number of thiazole rings is 1. The van der Waals surface area contributed by atoms with E-state index in [1.54, 1.807) is 24.8 Å². The van der Waals surface area contributed by atoms with Crippen molar-refractivity contribution in [2.45, 2.75) is 0 Å². The molecule has 1 amide bonds. The van der Waals surface area contributed by atoms with E-state index in [4.69, 9.17) is 13.9 Å². The van der Waals surface area contributed by atoms with Crippen molar-refractivity contribution >= 4 is 17.2 Å². The van der Waals surface area contributed by atoms with Gasteiger partial charge in [0.1, 0.15) is 5.69 Å². The van der Waals surface area contributed by atoms with Gasteiger partial charge in [0, 0.05) is 19.0 Å². The Kier molecular flexibility index (Phi) is 5.72. The predicted octanol–water partition coefficient (Wildman–Crippen LogP) is 1.80. The van der Waals surface area contributed by atoms with E-state index in [9.17, 15) is 4.79 Å². The van der Waals surface area contributed by atoms with Crippen LogP contribution in [0.4, 0.5) is 0 Å². The molecule has 6 nitrogen and oxygen atoms in total. The summed E-state index contributed by atoms with van der Waals surface area (Å²) in [6.07, 6.45) is 1.58. The van der Waals surface area contributed by atoms with Crippen LogP contribution in [-0.4, -0.2) is 44.4 Å². The van der Waals surface area contributed by atoms with Crippen molar-refractivity contribution in [3.63, 3.8) is 0 Å². The highest BCUT2D eigenvalue weighted by molar-refractivity contribution is 7.13. The average Bonchev–Trinajstić information content (AvgIpc) is 3.12. The molecule has 0 spiro atoms. The molecule has 0 aromatic carbocycles. The van der Waals surface area contributed by atoms with Crippen LogP contribution in [0, 0.1) is 0 Å². The second-order valence-corrected chi connectivity index (χ2v) is 4.73. The molecule has 7 heteroatoms. The Morgan fingerprint density at radius 2 is 2.35 bits per heavy atom. The maximum Gasteiger partial charge on any atom is 0.270 e. The van der Waals surface area contributed by atoms with Gasteiger partial charge in [-0.3, -0.25) is 4.79 Å². The third kappa shape index (κ3) is 4.16. The Bertz CT molecular complexity index is 524. The smallest absolute Gasteiger partial charge is 0.270 e. The number of methoxy groups -OCH3 is 1. The number of nitrogens with one attached hydrogen (secondary N) is 1. The van der Waals surface area contributed by atoms with Gasteiger partial charge in [0.15, 0.2) is 10.8 Å². The van der Waals surface area contributed by atoms with E-state index in [0.29, 0.717) is 42.8 Å². The third-order valence-electron chi connectivity index (χ3n) is 2.43. The molecule has 0 aliphatic rings. The number of furan rings is 1. The lowest BCUT2D eigenvalue weighted by atomic mass is 10.4. The fourth-order valence-corrected chi connectivity index (χ4v) is 2.23. The molecule has 0 atom stereocenters. The van der Waals surface area contributed by atoms with Crippen LogP contribution in [0.5, 0.6) is 0 Å². The van der Waals surface area contributed by atoms with Gasteiger partial charge in [0.25, 0.3) is 5.91 Å². The van der Waals surface area contributed by atoms with Gasteiger partial charge in [-0.1, -0.05) is 0 Å². The number of hydrogen-bond acceptors (Lipinski definition) is 6. The summed E-state index contributed by atoms with van der Waals surface area (Å²) < 4.78 is 15.3. The van der Waals surface area contributed by atoms with E-state index >= 15 is 0 Å². The number of nitrogens with zero attached hydrogens (tertiary/aromatic N) is 1. The summed E-state index contributed by atoms with van der Waals surface area (Å²) in [5.74, 6) is 0.450. The van der Waals surface area contributed by atoms with Crippen molar-refractivity contribution in [1.82, 2.24) is 10.3 Å². The molecule has 2 heterocycles. The van der Waals surface area contributed by atoms with Gasteiger partial charge in [-0.05, 0) is 12.1 Å². The molecule has 1 N–H and O–H groups in total. The maximum atomic E-state index is 11.8. The minimum absolute atomic E-state index is 0.214. The van der Waals surface area contributed by atoms with E-state index in [1.165, 1.54) is 11.3 Å². The SMILES string of the molecule is COCCOCCNC(=O)c1csc(-c2ccco2)n1. The molecule has 0 unspecified atom stereocenters. The Balaban J connectivity index is 1.76. The zero-order chi connectivity index (χ0) is 14.2. The lowest BCUT2D eigenvalue weighted by Crippen LogP contribution is -2.27. The highest BCUT2D eigenvalue weighted by Crippen LogP contribution is 2.23. The van der Waals surface area contributed by atoms with Crippen LogP contribution in [-0.2, 0) is 9.47 Å². The van der Waals surface area contributed by atoms with Crippen molar-refractivity contribution in [2.24, 2.45) is 0 Å². The van der Waals surface area contributed by atoms with Gasteiger partial charge >= 0.3 is 0 Å². The molecule has 0 bridgehead atoms. The summed E-state index contributed by atoms with van der Waals surface area (Å²) in [4.78, 5) is 16.1. The molecule has 2 aromatic rings. The van der Waals surface area contributed by atoms with Crippen molar-refractivity contribution in [2.75, 3.05) is 33.5 Å². The van der Waals surface area contributed by atoms with Crippen molar-refractivity contribution in [3.05, 3.63) is 29.5 Å². The van der Waals surface area contributed by atoms with Gasteiger partial charge in [-0.25, -0.2) is 4.98 Å². The van der Waals surface area contributed by atoms with Crippen LogP contribution in [0.1, 0.15) is 10.5 Å². The highest BCUT2D eigenvalue weighted by Gasteiger charge is 2.12. The predicted molar refractivity (Wildman–Crippen MR) is 74.8 cm³/mol. The topological polar surface area (TPSA) is 73.6 Å². The first-order valence-electron chi connectivity index (χ1n) is 6.15. The van der Waals surface area contributed by atoms with Crippen LogP contribution in [0.25, 0.3) is 10.8 Å². The number of rotatable bonds is 8. The second-order valence-electron chi connectivity index (χ2n) is 3.88. The van der Waals surface area contributed by atoms with Crippen molar-refractivity contribution in [1.29, 1.82) is 0 Å². The van der Waals surface area contributed by atoms with E-state index < -0.39 is 0 Å². The van der Waals surface area contributed by atoms with Crippen LogP contribution < -0.4 is 5.32 Å². The monoisotopic (exact) mass is 296 g/mol. The molecule has 0 aliphatic heterocycles. The van der Waals surface area contributed by atoms with E-state index in [2.05, 4.69) is 10.3 Å². The molecule has 108 valence electrons. The van der Waals surface area contributed by atoms with E-state index in [1.807, 2.05) is 6.07 Å². The van der Waals surface area contributed by atoms with Gasteiger partial charge in [0.2, 0.25) is 0 Å². The summed E-state index contributed by atoms with van der Waals surface area (Å²) in [5.41, 5.74) is 0.387. The Labute approximate surface area is 120 Å². The van der Waals surface area contributed by atoms with Gasteiger partial charge in [-0.15, -0.1) is 11.3 Å². The minimum atomic E-state index is -0.214. The molecule has 0 radical (unpaired) electrons. The molecular formula is C13H16N2O4S. The molecule has 0 saturated carbocycles. The van der Waals surface area contributed by atoms with Gasteiger partial charge < -0.3 is 19.2 Å². The molecule has 20 heavy (non-hydrogen) atoms. The quantitative estimate of drug-likeness (QED) is 0.752. The number of amides is 1. The number of carbonyl (C=O) groups is 1. The summed E-state index contributed by atoms with van der Waals surface area (Å²) >= 11 is 1.37. The maximum absolute atomic E-state index is 11.8. The zero-order valence-corrected chi connectivity index (χ0v) is 11.9. The van der Waals surface area contributed by atoms with Crippen molar-refractivity contribution in [3.8, 4) is 10.8 Å². The summed E-state index contributed by atoms with van der Waals surface area (Å²) in [7, 11) is 1.62. The normalized spacial score (nSPS) is 10.7. The van der Waals surface area contributed by atoms with Crippen LogP contribution >= 0.6 is 11.3 Å². The summed E-state index contributed by atoms with van der Waals surface area (Å²) in [6.45, 7) is 1.96. The first kappa shape index (κ1) is 14.7. The molecular weight excluding hydrogens is 280 g/mol. The Morgan fingerprint density at radius 3 is 3.10 bits per heavy atom. The lowest BCUT2D eigenvalue weighted by Gasteiger charge is -2.04. The Hall–Kier alpha value is -1.70. The standard InChI is InChI=1S/C13H16N2O4S/c1-17-7-8-18-6-4-14-12(16)10-9-20-13(15-10)11-3-2-5-19-11/h2-3,5,9H,4,6-8H2,1H3,(H,14,16). The number of ether oxygens (including phenoxy) is 2. The minimum Gasteiger partial charge on any atom is -0.462 e. The van der Waals surface area contributed by atoms with Crippen LogP contribution in [0.2, 0.25) is 0 Å². The van der Waals surface area contributed by atoms with Crippen molar-refractivity contribution < 1.29 is 18.7 Å². The summed E-state index contributed by atoms with van der Waals surface area (Å²) in [5, 5.41) is 5.14. The molecule has 2 rings (SSSR count). The number of carbonyl (C=O) groups excluding carboxylic acids is 1. The summed E-state index contributed by atoms with van der Waals surface area (Å²) in [6, 6.07) is 3.60. The van der Waals surface area contributed by atoms with Crippen LogP contribution in [0.3, 0.4) is 0 Å². The fourth-order valence-electron chi connectivity index (χ4n) is 1.46. The molecule has 0 aliphatic carbocycles. The first-order valence-corrected chi connectivity index (χ1v) is 7.03.